The zero-order chi connectivity index (χ0) is 12.4. The van der Waals surface area contributed by atoms with Crippen molar-refractivity contribution in [2.45, 2.75) is 18.9 Å². The Balaban J connectivity index is 2.31. The van der Waals surface area contributed by atoms with Gasteiger partial charge in [0, 0.05) is 12.7 Å². The number of carbonyl (C=O) groups is 1. The van der Waals surface area contributed by atoms with Gasteiger partial charge in [-0.15, -0.1) is 0 Å². The highest BCUT2D eigenvalue weighted by Gasteiger charge is 2.30. The van der Waals surface area contributed by atoms with Gasteiger partial charge in [0.25, 0.3) is 11.5 Å². The fraction of sp³-hybridized carbons (Fsp3) is 0.500. The van der Waals surface area contributed by atoms with E-state index in [2.05, 4.69) is 4.98 Å². The van der Waals surface area contributed by atoms with Crippen molar-refractivity contribution < 1.29 is 9.90 Å². The summed E-state index contributed by atoms with van der Waals surface area (Å²) < 4.78 is 0. The molecule has 0 spiro atoms. The molecule has 17 heavy (non-hydrogen) atoms. The number of likely N-dealkylation sites (tertiary alicyclic amines) is 1. The molecule has 1 aromatic heterocycles. The number of hydrogen-bond acceptors (Lipinski definition) is 4. The van der Waals surface area contributed by atoms with Crippen LogP contribution in [0.5, 0.6) is 0 Å². The Morgan fingerprint density at radius 3 is 2.94 bits per heavy atom. The number of H-pyrrole nitrogens is 2. The zero-order valence-electron chi connectivity index (χ0n) is 9.10. The Morgan fingerprint density at radius 2 is 2.29 bits per heavy atom. The van der Waals surface area contributed by atoms with Gasteiger partial charge in [-0.3, -0.25) is 14.6 Å². The molecule has 1 amide bonds. The average Bonchev–Trinajstić information content (AvgIpc) is 2.76. The highest BCUT2D eigenvalue weighted by molar-refractivity contribution is 5.93. The molecule has 1 unspecified atom stereocenters. The number of nitrogens with zero attached hydrogens (tertiary/aromatic N) is 1. The van der Waals surface area contributed by atoms with Crippen molar-refractivity contribution in [1.29, 1.82) is 0 Å². The van der Waals surface area contributed by atoms with Crippen LogP contribution < -0.4 is 11.2 Å². The molecule has 0 aromatic carbocycles. The van der Waals surface area contributed by atoms with Gasteiger partial charge < -0.3 is 15.0 Å². The molecule has 1 atom stereocenters. The van der Waals surface area contributed by atoms with Crippen LogP contribution in [0.1, 0.15) is 23.2 Å². The van der Waals surface area contributed by atoms with E-state index in [9.17, 15) is 14.4 Å². The van der Waals surface area contributed by atoms with Crippen LogP contribution in [0.2, 0.25) is 0 Å². The molecule has 0 bridgehead atoms. The fourth-order valence-corrected chi connectivity index (χ4v) is 2.02. The molecule has 92 valence electrons. The van der Waals surface area contributed by atoms with E-state index >= 15 is 0 Å². The Labute approximate surface area is 96.1 Å². The summed E-state index contributed by atoms with van der Waals surface area (Å²) in [6.07, 6.45) is 2.64. The van der Waals surface area contributed by atoms with Crippen molar-refractivity contribution in [2.24, 2.45) is 0 Å². The van der Waals surface area contributed by atoms with Crippen molar-refractivity contribution in [1.82, 2.24) is 14.9 Å². The third-order valence-electron chi connectivity index (χ3n) is 2.90. The molecule has 1 aliphatic rings. The van der Waals surface area contributed by atoms with Crippen LogP contribution in [0.25, 0.3) is 0 Å². The van der Waals surface area contributed by atoms with Gasteiger partial charge >= 0.3 is 5.69 Å². The minimum absolute atomic E-state index is 0.107. The maximum Gasteiger partial charge on any atom is 0.325 e. The topological polar surface area (TPSA) is 106 Å². The number of aliphatic hydroxyl groups excluding tert-OH is 1. The monoisotopic (exact) mass is 239 g/mol. The lowest BCUT2D eigenvalue weighted by atomic mass is 10.2. The van der Waals surface area contributed by atoms with E-state index in [1.54, 1.807) is 0 Å². The van der Waals surface area contributed by atoms with Crippen LogP contribution >= 0.6 is 0 Å². The van der Waals surface area contributed by atoms with Crippen LogP contribution in [0.15, 0.2) is 15.8 Å². The molecule has 2 rings (SSSR count). The second kappa shape index (κ2) is 4.54. The van der Waals surface area contributed by atoms with Gasteiger partial charge in [-0.25, -0.2) is 4.79 Å². The maximum absolute atomic E-state index is 12.0. The summed E-state index contributed by atoms with van der Waals surface area (Å²) >= 11 is 0. The summed E-state index contributed by atoms with van der Waals surface area (Å²) in [6.45, 7) is 0.398. The first-order valence-electron chi connectivity index (χ1n) is 5.37. The van der Waals surface area contributed by atoms with Gasteiger partial charge in [-0.05, 0) is 12.8 Å². The van der Waals surface area contributed by atoms with Gasteiger partial charge in [0.05, 0.1) is 12.6 Å². The molecule has 0 radical (unpaired) electrons. The summed E-state index contributed by atoms with van der Waals surface area (Å²) in [5.74, 6) is -0.459. The second-order valence-corrected chi connectivity index (χ2v) is 3.96. The van der Waals surface area contributed by atoms with E-state index in [1.807, 2.05) is 4.98 Å². The third-order valence-corrected chi connectivity index (χ3v) is 2.90. The van der Waals surface area contributed by atoms with Crippen molar-refractivity contribution in [3.63, 3.8) is 0 Å². The number of amides is 1. The van der Waals surface area contributed by atoms with E-state index in [1.165, 1.54) is 4.90 Å². The highest BCUT2D eigenvalue weighted by Crippen LogP contribution is 2.18. The molecule has 7 heteroatoms. The normalized spacial score (nSPS) is 19.6. The van der Waals surface area contributed by atoms with Crippen LogP contribution in [0.4, 0.5) is 0 Å². The molecule has 3 N–H and O–H groups in total. The molecule has 0 saturated carbocycles. The van der Waals surface area contributed by atoms with Crippen LogP contribution in [-0.2, 0) is 0 Å². The predicted molar refractivity (Wildman–Crippen MR) is 58.8 cm³/mol. The summed E-state index contributed by atoms with van der Waals surface area (Å²) in [5.41, 5.74) is -1.46. The molecular formula is C10H13N3O4. The Morgan fingerprint density at radius 1 is 1.53 bits per heavy atom. The molecule has 1 saturated heterocycles. The molecule has 1 aromatic rings. The molecular weight excluding hydrogens is 226 g/mol. The SMILES string of the molecule is O=C(c1c[nH]c(=O)[nH]c1=O)N1CCCC1CO. The van der Waals surface area contributed by atoms with Crippen LogP contribution in [-0.4, -0.2) is 45.1 Å². The van der Waals surface area contributed by atoms with Crippen LogP contribution in [0, 0.1) is 0 Å². The molecule has 1 aliphatic heterocycles. The van der Waals surface area contributed by atoms with Crippen molar-refractivity contribution >= 4 is 5.91 Å². The average molecular weight is 239 g/mol. The van der Waals surface area contributed by atoms with E-state index in [4.69, 9.17) is 5.11 Å². The number of aliphatic hydroxyl groups is 1. The fourth-order valence-electron chi connectivity index (χ4n) is 2.02. The lowest BCUT2D eigenvalue weighted by Gasteiger charge is -2.22. The Bertz CT molecular complexity index is 533. The first kappa shape index (κ1) is 11.6. The highest BCUT2D eigenvalue weighted by atomic mass is 16.3. The maximum atomic E-state index is 12.0. The van der Waals surface area contributed by atoms with Crippen molar-refractivity contribution in [3.05, 3.63) is 32.6 Å². The summed E-state index contributed by atoms with van der Waals surface area (Å²) in [4.78, 5) is 40.0. The molecule has 0 aliphatic carbocycles. The van der Waals surface area contributed by atoms with Gasteiger partial charge in [0.2, 0.25) is 0 Å². The van der Waals surface area contributed by atoms with E-state index in [0.717, 1.165) is 19.0 Å². The second-order valence-electron chi connectivity index (χ2n) is 3.96. The first-order valence-corrected chi connectivity index (χ1v) is 5.37. The first-order chi connectivity index (χ1) is 8.13. The number of nitrogens with one attached hydrogen (secondary N) is 2. The zero-order valence-corrected chi connectivity index (χ0v) is 9.10. The number of aromatic nitrogens is 2. The van der Waals surface area contributed by atoms with Crippen molar-refractivity contribution in [3.8, 4) is 0 Å². The van der Waals surface area contributed by atoms with Gasteiger partial charge in [0.1, 0.15) is 5.56 Å². The number of aromatic amines is 2. The van der Waals surface area contributed by atoms with E-state index in [-0.39, 0.29) is 18.2 Å². The summed E-state index contributed by atoms with van der Waals surface area (Å²) in [6, 6.07) is -0.242. The lowest BCUT2D eigenvalue weighted by molar-refractivity contribution is 0.0675. The van der Waals surface area contributed by atoms with Crippen molar-refractivity contribution in [2.75, 3.05) is 13.2 Å². The summed E-state index contributed by atoms with van der Waals surface area (Å²) in [7, 11) is 0. The quantitative estimate of drug-likeness (QED) is 0.593. The van der Waals surface area contributed by atoms with E-state index < -0.39 is 17.2 Å². The third kappa shape index (κ3) is 2.14. The number of rotatable bonds is 2. The lowest BCUT2D eigenvalue weighted by Crippen LogP contribution is -2.41. The van der Waals surface area contributed by atoms with Crippen LogP contribution in [0.3, 0.4) is 0 Å². The molecule has 1 fully saturated rings. The smallest absolute Gasteiger partial charge is 0.325 e. The Hall–Kier alpha value is -1.89. The van der Waals surface area contributed by atoms with Gasteiger partial charge in [-0.2, -0.15) is 0 Å². The Kier molecular flexibility index (Phi) is 3.10. The van der Waals surface area contributed by atoms with Gasteiger partial charge in [0.15, 0.2) is 0 Å². The minimum Gasteiger partial charge on any atom is -0.394 e. The standard InChI is InChI=1S/C10H13N3O4/c14-5-6-2-1-3-13(6)9(16)7-4-11-10(17)12-8(7)15/h4,6,14H,1-3,5H2,(H2,11,12,15,17). The summed E-state index contributed by atoms with van der Waals surface area (Å²) in [5, 5.41) is 9.11. The van der Waals surface area contributed by atoms with E-state index in [0.29, 0.717) is 6.54 Å². The largest absolute Gasteiger partial charge is 0.394 e. The van der Waals surface area contributed by atoms with Gasteiger partial charge in [-0.1, -0.05) is 0 Å². The minimum atomic E-state index is -0.706. The molecule has 2 heterocycles. The predicted octanol–water partition coefficient (Wildman–Crippen LogP) is -1.34. The number of carbonyl (C=O) groups excluding carboxylic acids is 1. The molecule has 7 nitrogen and oxygen atoms in total. The number of hydrogen-bond donors (Lipinski definition) is 3.